The summed E-state index contributed by atoms with van der Waals surface area (Å²) in [6.07, 6.45) is 5.43. The second-order valence-corrected chi connectivity index (χ2v) is 6.86. The number of aromatic nitrogens is 2. The van der Waals surface area contributed by atoms with Crippen LogP contribution in [0.15, 0.2) is 24.4 Å². The first-order chi connectivity index (χ1) is 10.7. The van der Waals surface area contributed by atoms with Gasteiger partial charge in [0.05, 0.1) is 5.52 Å². The smallest absolute Gasteiger partial charge is 0.274 e. The minimum Gasteiger partial charge on any atom is -0.337 e. The van der Waals surface area contributed by atoms with Crippen LogP contribution in [0.1, 0.15) is 35.3 Å². The molecule has 1 amide bonds. The quantitative estimate of drug-likeness (QED) is 0.874. The molecule has 116 valence electrons. The van der Waals surface area contributed by atoms with Gasteiger partial charge in [0.1, 0.15) is 0 Å². The van der Waals surface area contributed by atoms with E-state index in [1.54, 1.807) is 4.52 Å². The maximum atomic E-state index is 12.8. The number of nitrogens with zero attached hydrogens (tertiary/aromatic N) is 3. The van der Waals surface area contributed by atoms with Crippen LogP contribution in [-0.2, 0) is 0 Å². The van der Waals surface area contributed by atoms with Crippen LogP contribution in [0, 0.1) is 12.3 Å². The normalized spacial score (nSPS) is 25.2. The van der Waals surface area contributed by atoms with E-state index in [1.807, 2.05) is 23.2 Å². The Balaban J connectivity index is 1.59. The number of rotatable bonds is 1. The van der Waals surface area contributed by atoms with Crippen molar-refractivity contribution in [2.75, 3.05) is 26.2 Å². The predicted octanol–water partition coefficient (Wildman–Crippen LogP) is 1.86. The highest BCUT2D eigenvalue weighted by molar-refractivity contribution is 5.93. The van der Waals surface area contributed by atoms with Crippen LogP contribution in [0.3, 0.4) is 0 Å². The van der Waals surface area contributed by atoms with Gasteiger partial charge >= 0.3 is 0 Å². The van der Waals surface area contributed by atoms with Gasteiger partial charge in [-0.25, -0.2) is 4.52 Å². The Morgan fingerprint density at radius 3 is 3.09 bits per heavy atom. The van der Waals surface area contributed by atoms with Crippen LogP contribution < -0.4 is 5.32 Å². The number of piperidine rings is 1. The van der Waals surface area contributed by atoms with Gasteiger partial charge in [-0.05, 0) is 56.5 Å². The van der Waals surface area contributed by atoms with E-state index >= 15 is 0 Å². The zero-order chi connectivity index (χ0) is 15.2. The van der Waals surface area contributed by atoms with Gasteiger partial charge in [0.25, 0.3) is 5.91 Å². The summed E-state index contributed by atoms with van der Waals surface area (Å²) in [6, 6.07) is 5.97. The molecule has 1 N–H and O–H groups in total. The zero-order valence-corrected chi connectivity index (χ0v) is 13.0. The molecule has 2 aromatic rings. The zero-order valence-electron chi connectivity index (χ0n) is 13.0. The predicted molar refractivity (Wildman–Crippen MR) is 85.0 cm³/mol. The maximum absolute atomic E-state index is 12.8. The molecule has 4 heterocycles. The lowest BCUT2D eigenvalue weighted by molar-refractivity contribution is 0.0547. The molecule has 2 saturated heterocycles. The number of fused-ring (bicyclic) bond motifs is 1. The summed E-state index contributed by atoms with van der Waals surface area (Å²) in [5.74, 6) is 0.0762. The van der Waals surface area contributed by atoms with Gasteiger partial charge in [-0.2, -0.15) is 5.10 Å². The number of amides is 1. The minimum absolute atomic E-state index is 0.0762. The summed E-state index contributed by atoms with van der Waals surface area (Å²) < 4.78 is 1.79. The van der Waals surface area contributed by atoms with Crippen LogP contribution >= 0.6 is 0 Å². The van der Waals surface area contributed by atoms with Crippen molar-refractivity contribution < 1.29 is 4.79 Å². The van der Waals surface area contributed by atoms with Crippen LogP contribution in [0.4, 0.5) is 0 Å². The van der Waals surface area contributed by atoms with Crippen molar-refractivity contribution in [3.8, 4) is 0 Å². The van der Waals surface area contributed by atoms with Crippen molar-refractivity contribution in [2.45, 2.75) is 26.2 Å². The first kappa shape index (κ1) is 13.8. The minimum atomic E-state index is 0.0762. The van der Waals surface area contributed by atoms with Gasteiger partial charge in [-0.1, -0.05) is 0 Å². The van der Waals surface area contributed by atoms with Gasteiger partial charge in [-0.3, -0.25) is 4.79 Å². The summed E-state index contributed by atoms with van der Waals surface area (Å²) in [6.45, 7) is 5.89. The molecule has 0 bridgehead atoms. The van der Waals surface area contributed by atoms with Crippen LogP contribution in [0.2, 0.25) is 0 Å². The molecule has 0 aromatic carbocycles. The third-order valence-electron chi connectivity index (χ3n) is 5.12. The molecule has 1 unspecified atom stereocenters. The first-order valence-electron chi connectivity index (χ1n) is 8.11. The van der Waals surface area contributed by atoms with E-state index in [2.05, 4.69) is 23.4 Å². The van der Waals surface area contributed by atoms with E-state index in [0.29, 0.717) is 11.1 Å². The first-order valence-corrected chi connectivity index (χ1v) is 8.11. The molecule has 1 atom stereocenters. The molecule has 2 aliphatic heterocycles. The largest absolute Gasteiger partial charge is 0.337 e. The number of pyridine rings is 1. The van der Waals surface area contributed by atoms with Crippen molar-refractivity contribution in [3.05, 3.63) is 35.7 Å². The van der Waals surface area contributed by atoms with Crippen LogP contribution in [0.25, 0.3) is 5.52 Å². The number of hydrogen-bond acceptors (Lipinski definition) is 3. The fraction of sp³-hybridized carbons (Fsp3) is 0.529. The van der Waals surface area contributed by atoms with Gasteiger partial charge in [0.2, 0.25) is 0 Å². The van der Waals surface area contributed by atoms with Crippen molar-refractivity contribution in [1.82, 2.24) is 19.8 Å². The van der Waals surface area contributed by atoms with Crippen LogP contribution in [0.5, 0.6) is 0 Å². The third kappa shape index (κ3) is 2.29. The van der Waals surface area contributed by atoms with Gasteiger partial charge in [0.15, 0.2) is 5.69 Å². The molecule has 0 saturated carbocycles. The number of nitrogens with one attached hydrogen (secondary N) is 1. The molecule has 1 spiro atoms. The van der Waals surface area contributed by atoms with Gasteiger partial charge < -0.3 is 10.2 Å². The standard InChI is InChI=1S/C17H22N4O/c1-13-3-8-21-14(9-13)10-15(19-21)16(22)20-7-2-4-17(12-20)5-6-18-11-17/h3,8-10,18H,2,4-7,11-12H2,1H3. The summed E-state index contributed by atoms with van der Waals surface area (Å²) >= 11 is 0. The Bertz CT molecular complexity index is 715. The SMILES string of the molecule is Cc1ccn2nc(C(=O)N3CCCC4(CCNC4)C3)cc2c1. The lowest BCUT2D eigenvalue weighted by atomic mass is 9.79. The Morgan fingerprint density at radius 1 is 1.36 bits per heavy atom. The molecular weight excluding hydrogens is 276 g/mol. The molecule has 0 aliphatic carbocycles. The summed E-state index contributed by atoms with van der Waals surface area (Å²) in [5, 5.41) is 7.91. The Morgan fingerprint density at radius 2 is 2.27 bits per heavy atom. The molecular formula is C17H22N4O. The second-order valence-electron chi connectivity index (χ2n) is 6.86. The van der Waals surface area contributed by atoms with Crippen molar-refractivity contribution in [1.29, 1.82) is 0 Å². The lowest BCUT2D eigenvalue weighted by Crippen LogP contribution is -2.47. The molecule has 0 radical (unpaired) electrons. The number of carbonyl (C=O) groups is 1. The van der Waals surface area contributed by atoms with E-state index in [-0.39, 0.29) is 5.91 Å². The molecule has 5 nitrogen and oxygen atoms in total. The van der Waals surface area contributed by atoms with Crippen LogP contribution in [-0.4, -0.2) is 46.6 Å². The number of carbonyl (C=O) groups excluding carboxylic acids is 1. The van der Waals surface area contributed by atoms with Crippen molar-refractivity contribution in [2.24, 2.45) is 5.41 Å². The number of hydrogen-bond donors (Lipinski definition) is 1. The summed E-state index contributed by atoms with van der Waals surface area (Å²) in [5.41, 5.74) is 3.02. The monoisotopic (exact) mass is 298 g/mol. The second kappa shape index (κ2) is 5.09. The van der Waals surface area contributed by atoms with Crippen molar-refractivity contribution >= 4 is 11.4 Å². The molecule has 4 rings (SSSR count). The van der Waals surface area contributed by atoms with E-state index in [9.17, 15) is 4.79 Å². The Hall–Kier alpha value is -1.88. The number of aryl methyl sites for hydroxylation is 1. The lowest BCUT2D eigenvalue weighted by Gasteiger charge is -2.39. The average molecular weight is 298 g/mol. The summed E-state index contributed by atoms with van der Waals surface area (Å²) in [7, 11) is 0. The fourth-order valence-corrected chi connectivity index (χ4v) is 3.90. The van der Waals surface area contributed by atoms with Crippen molar-refractivity contribution in [3.63, 3.8) is 0 Å². The maximum Gasteiger partial charge on any atom is 0.274 e. The van der Waals surface area contributed by atoms with E-state index in [1.165, 1.54) is 18.4 Å². The fourth-order valence-electron chi connectivity index (χ4n) is 3.90. The molecule has 22 heavy (non-hydrogen) atoms. The Kier molecular flexibility index (Phi) is 3.18. The summed E-state index contributed by atoms with van der Waals surface area (Å²) in [4.78, 5) is 14.8. The third-order valence-corrected chi connectivity index (χ3v) is 5.12. The van der Waals surface area contributed by atoms with E-state index < -0.39 is 0 Å². The highest BCUT2D eigenvalue weighted by Crippen LogP contribution is 2.35. The molecule has 2 aromatic heterocycles. The topological polar surface area (TPSA) is 49.6 Å². The molecule has 2 aliphatic rings. The highest BCUT2D eigenvalue weighted by Gasteiger charge is 2.39. The van der Waals surface area contributed by atoms with E-state index in [0.717, 1.165) is 38.1 Å². The average Bonchev–Trinajstić information content (AvgIpc) is 3.13. The number of likely N-dealkylation sites (tertiary alicyclic amines) is 1. The van der Waals surface area contributed by atoms with Gasteiger partial charge in [0, 0.05) is 31.2 Å². The highest BCUT2D eigenvalue weighted by atomic mass is 16.2. The molecule has 5 heteroatoms. The molecule has 2 fully saturated rings. The van der Waals surface area contributed by atoms with Gasteiger partial charge in [-0.15, -0.1) is 0 Å². The van der Waals surface area contributed by atoms with E-state index in [4.69, 9.17) is 0 Å². The Labute approximate surface area is 130 Å².